The highest BCUT2D eigenvalue weighted by atomic mass is 16.5. The molecule has 116 valence electrons. The Balaban J connectivity index is 1.71. The molecule has 0 N–H and O–H groups in total. The third-order valence-electron chi connectivity index (χ3n) is 4.37. The first kappa shape index (κ1) is 14.1. The number of amides is 1. The van der Waals surface area contributed by atoms with Gasteiger partial charge in [0.25, 0.3) is 0 Å². The van der Waals surface area contributed by atoms with E-state index in [1.54, 1.807) is 0 Å². The normalized spacial score (nSPS) is 17.7. The van der Waals surface area contributed by atoms with Crippen molar-refractivity contribution in [3.8, 4) is 5.75 Å². The SMILES string of the molecule is CC1(C)C=Cc2cc3c(cc2O1)CC(=O)N3Cc1ccccc1. The summed E-state index contributed by atoms with van der Waals surface area (Å²) in [5.74, 6) is 1.01. The molecule has 23 heavy (non-hydrogen) atoms. The molecule has 0 aliphatic carbocycles. The fourth-order valence-electron chi connectivity index (χ4n) is 3.18. The third kappa shape index (κ3) is 2.52. The molecule has 3 heteroatoms. The maximum absolute atomic E-state index is 12.4. The van der Waals surface area contributed by atoms with E-state index in [1.807, 2.05) is 43.0 Å². The summed E-state index contributed by atoms with van der Waals surface area (Å²) in [6.45, 7) is 4.68. The van der Waals surface area contributed by atoms with E-state index >= 15 is 0 Å². The van der Waals surface area contributed by atoms with Crippen molar-refractivity contribution < 1.29 is 9.53 Å². The average molecular weight is 305 g/mol. The quantitative estimate of drug-likeness (QED) is 0.840. The first-order valence-electron chi connectivity index (χ1n) is 7.91. The molecule has 0 saturated heterocycles. The van der Waals surface area contributed by atoms with Crippen molar-refractivity contribution >= 4 is 17.7 Å². The highest BCUT2D eigenvalue weighted by Gasteiger charge is 2.30. The summed E-state index contributed by atoms with van der Waals surface area (Å²) in [5, 5.41) is 0. The fraction of sp³-hybridized carbons (Fsp3) is 0.250. The van der Waals surface area contributed by atoms with Gasteiger partial charge in [-0.05, 0) is 43.2 Å². The maximum Gasteiger partial charge on any atom is 0.231 e. The van der Waals surface area contributed by atoms with Crippen LogP contribution in [0.25, 0.3) is 6.08 Å². The van der Waals surface area contributed by atoms with Crippen LogP contribution in [0.15, 0.2) is 48.5 Å². The second kappa shape index (κ2) is 4.98. The van der Waals surface area contributed by atoms with Crippen LogP contribution in [0.4, 0.5) is 5.69 Å². The molecule has 0 saturated carbocycles. The van der Waals surface area contributed by atoms with Gasteiger partial charge in [0.15, 0.2) is 0 Å². The summed E-state index contributed by atoms with van der Waals surface area (Å²) in [4.78, 5) is 14.3. The monoisotopic (exact) mass is 305 g/mol. The van der Waals surface area contributed by atoms with Crippen LogP contribution in [-0.2, 0) is 17.8 Å². The van der Waals surface area contributed by atoms with E-state index < -0.39 is 0 Å². The molecule has 2 aromatic rings. The number of rotatable bonds is 2. The Bertz CT molecular complexity index is 806. The van der Waals surface area contributed by atoms with Gasteiger partial charge in [0, 0.05) is 11.3 Å². The van der Waals surface area contributed by atoms with Gasteiger partial charge in [-0.2, -0.15) is 0 Å². The number of carbonyl (C=O) groups is 1. The van der Waals surface area contributed by atoms with Crippen molar-refractivity contribution in [2.45, 2.75) is 32.4 Å². The van der Waals surface area contributed by atoms with Gasteiger partial charge in [0.2, 0.25) is 5.91 Å². The lowest BCUT2D eigenvalue weighted by molar-refractivity contribution is -0.117. The zero-order valence-corrected chi connectivity index (χ0v) is 13.4. The molecule has 4 rings (SSSR count). The predicted molar refractivity (Wildman–Crippen MR) is 91.5 cm³/mol. The standard InChI is InChI=1S/C20H19NO2/c1-20(2)9-8-15-10-17-16(11-18(15)23-20)12-19(22)21(17)13-14-6-4-3-5-7-14/h3-11H,12-13H2,1-2H3. The minimum absolute atomic E-state index is 0.148. The smallest absolute Gasteiger partial charge is 0.231 e. The van der Waals surface area contributed by atoms with Crippen molar-refractivity contribution in [2.24, 2.45) is 0 Å². The van der Waals surface area contributed by atoms with Gasteiger partial charge in [-0.25, -0.2) is 0 Å². The second-order valence-corrected chi connectivity index (χ2v) is 6.70. The van der Waals surface area contributed by atoms with Gasteiger partial charge in [0.05, 0.1) is 13.0 Å². The van der Waals surface area contributed by atoms with Crippen LogP contribution in [0, 0.1) is 0 Å². The number of fused-ring (bicyclic) bond motifs is 2. The van der Waals surface area contributed by atoms with Crippen LogP contribution in [0.1, 0.15) is 30.5 Å². The molecule has 0 radical (unpaired) electrons. The highest BCUT2D eigenvalue weighted by Crippen LogP contribution is 2.39. The van der Waals surface area contributed by atoms with E-state index in [0.717, 1.165) is 28.1 Å². The summed E-state index contributed by atoms with van der Waals surface area (Å²) in [6, 6.07) is 14.2. The molecule has 1 amide bonds. The van der Waals surface area contributed by atoms with Crippen LogP contribution < -0.4 is 9.64 Å². The van der Waals surface area contributed by atoms with Gasteiger partial charge in [0.1, 0.15) is 11.4 Å². The Morgan fingerprint density at radius 3 is 2.74 bits per heavy atom. The Morgan fingerprint density at radius 2 is 1.96 bits per heavy atom. The number of hydrogen-bond donors (Lipinski definition) is 0. The molecule has 0 atom stereocenters. The van der Waals surface area contributed by atoms with E-state index in [-0.39, 0.29) is 11.5 Å². The van der Waals surface area contributed by atoms with Crippen molar-refractivity contribution in [3.63, 3.8) is 0 Å². The van der Waals surface area contributed by atoms with Crippen LogP contribution in [0.2, 0.25) is 0 Å². The summed E-state index contributed by atoms with van der Waals surface area (Å²) < 4.78 is 6.02. The zero-order chi connectivity index (χ0) is 16.0. The minimum Gasteiger partial charge on any atom is -0.483 e. The molecule has 0 unspecified atom stereocenters. The first-order valence-corrected chi connectivity index (χ1v) is 7.91. The molecule has 3 nitrogen and oxygen atoms in total. The predicted octanol–water partition coefficient (Wildman–Crippen LogP) is 3.96. The molecule has 2 aliphatic heterocycles. The van der Waals surface area contributed by atoms with Crippen molar-refractivity contribution in [1.29, 1.82) is 0 Å². The highest BCUT2D eigenvalue weighted by molar-refractivity contribution is 6.02. The molecule has 2 heterocycles. The van der Waals surface area contributed by atoms with Gasteiger partial charge < -0.3 is 9.64 Å². The summed E-state index contributed by atoms with van der Waals surface area (Å²) in [7, 11) is 0. The Hall–Kier alpha value is -2.55. The van der Waals surface area contributed by atoms with E-state index in [2.05, 4.69) is 30.4 Å². The van der Waals surface area contributed by atoms with Crippen LogP contribution in [0.3, 0.4) is 0 Å². The zero-order valence-electron chi connectivity index (χ0n) is 13.4. The van der Waals surface area contributed by atoms with Gasteiger partial charge >= 0.3 is 0 Å². The van der Waals surface area contributed by atoms with E-state index in [9.17, 15) is 4.79 Å². The fourth-order valence-corrected chi connectivity index (χ4v) is 3.18. The number of anilines is 1. The molecular formula is C20H19NO2. The van der Waals surface area contributed by atoms with E-state index in [0.29, 0.717) is 13.0 Å². The summed E-state index contributed by atoms with van der Waals surface area (Å²) in [5.41, 5.74) is 3.93. The second-order valence-electron chi connectivity index (χ2n) is 6.70. The molecule has 0 spiro atoms. The third-order valence-corrected chi connectivity index (χ3v) is 4.37. The van der Waals surface area contributed by atoms with Crippen LogP contribution >= 0.6 is 0 Å². The van der Waals surface area contributed by atoms with Gasteiger partial charge in [-0.3, -0.25) is 4.79 Å². The van der Waals surface area contributed by atoms with Gasteiger partial charge in [-0.15, -0.1) is 0 Å². The minimum atomic E-state index is -0.298. The average Bonchev–Trinajstić information content (AvgIpc) is 2.81. The largest absolute Gasteiger partial charge is 0.483 e. The van der Waals surface area contributed by atoms with Crippen LogP contribution in [-0.4, -0.2) is 11.5 Å². The Labute approximate surface area is 136 Å². The Morgan fingerprint density at radius 1 is 1.17 bits per heavy atom. The maximum atomic E-state index is 12.4. The number of ether oxygens (including phenoxy) is 1. The molecule has 2 aliphatic rings. The molecule has 0 bridgehead atoms. The lowest BCUT2D eigenvalue weighted by Gasteiger charge is -2.28. The van der Waals surface area contributed by atoms with Crippen LogP contribution in [0.5, 0.6) is 5.75 Å². The number of carbonyl (C=O) groups excluding carboxylic acids is 1. The van der Waals surface area contributed by atoms with Gasteiger partial charge in [-0.1, -0.05) is 36.4 Å². The van der Waals surface area contributed by atoms with E-state index in [1.165, 1.54) is 0 Å². The van der Waals surface area contributed by atoms with E-state index in [4.69, 9.17) is 4.74 Å². The Kier molecular flexibility index (Phi) is 3.05. The number of nitrogens with zero attached hydrogens (tertiary/aromatic N) is 1. The number of hydrogen-bond acceptors (Lipinski definition) is 2. The lowest BCUT2D eigenvalue weighted by Crippen LogP contribution is -2.28. The van der Waals surface area contributed by atoms with Crippen molar-refractivity contribution in [1.82, 2.24) is 0 Å². The molecule has 0 aromatic heterocycles. The molecule has 2 aromatic carbocycles. The summed E-state index contributed by atoms with van der Waals surface area (Å²) in [6.07, 6.45) is 4.59. The number of benzene rings is 2. The summed E-state index contributed by atoms with van der Waals surface area (Å²) >= 11 is 0. The molecule has 0 fully saturated rings. The molecular weight excluding hydrogens is 286 g/mol. The lowest BCUT2D eigenvalue weighted by atomic mass is 10.00. The van der Waals surface area contributed by atoms with Crippen molar-refractivity contribution in [3.05, 3.63) is 65.2 Å². The topological polar surface area (TPSA) is 29.5 Å². The van der Waals surface area contributed by atoms with Crippen molar-refractivity contribution in [2.75, 3.05) is 4.90 Å². The first-order chi connectivity index (χ1) is 11.0.